The third kappa shape index (κ3) is 2.66. The predicted octanol–water partition coefficient (Wildman–Crippen LogP) is 1.81. The standard InChI is InChI=1S/C12H19N3O2/c1-8(2)10-11(13-3)14-7-15-12(10)17-9-4-5-16-6-9/h7-9H,4-6H2,1-3H3,(H,13,14,15). The van der Waals surface area contributed by atoms with Crippen LogP contribution >= 0.6 is 0 Å². The van der Waals surface area contributed by atoms with E-state index in [4.69, 9.17) is 9.47 Å². The summed E-state index contributed by atoms with van der Waals surface area (Å²) in [4.78, 5) is 8.46. The molecule has 0 bridgehead atoms. The van der Waals surface area contributed by atoms with E-state index >= 15 is 0 Å². The van der Waals surface area contributed by atoms with Gasteiger partial charge in [-0.1, -0.05) is 13.8 Å². The van der Waals surface area contributed by atoms with Gasteiger partial charge in [0.25, 0.3) is 0 Å². The summed E-state index contributed by atoms with van der Waals surface area (Å²) >= 11 is 0. The zero-order valence-electron chi connectivity index (χ0n) is 10.6. The molecule has 0 aliphatic carbocycles. The maximum Gasteiger partial charge on any atom is 0.222 e. The topological polar surface area (TPSA) is 56.3 Å². The minimum absolute atomic E-state index is 0.118. The highest BCUT2D eigenvalue weighted by atomic mass is 16.5. The van der Waals surface area contributed by atoms with Gasteiger partial charge in [-0.2, -0.15) is 0 Å². The smallest absolute Gasteiger partial charge is 0.222 e. The van der Waals surface area contributed by atoms with Gasteiger partial charge in [-0.15, -0.1) is 0 Å². The molecule has 1 unspecified atom stereocenters. The quantitative estimate of drug-likeness (QED) is 0.865. The average Bonchev–Trinajstić information content (AvgIpc) is 2.81. The van der Waals surface area contributed by atoms with Gasteiger partial charge in [-0.3, -0.25) is 0 Å². The molecular weight excluding hydrogens is 218 g/mol. The molecule has 5 nitrogen and oxygen atoms in total. The van der Waals surface area contributed by atoms with Gasteiger partial charge in [-0.05, 0) is 5.92 Å². The number of hydrogen-bond acceptors (Lipinski definition) is 5. The van der Waals surface area contributed by atoms with Crippen molar-refractivity contribution in [3.05, 3.63) is 11.9 Å². The SMILES string of the molecule is CNc1ncnc(OC2CCOC2)c1C(C)C. The van der Waals surface area contributed by atoms with E-state index in [1.807, 2.05) is 7.05 Å². The molecule has 0 amide bonds. The summed E-state index contributed by atoms with van der Waals surface area (Å²) in [5, 5.41) is 3.08. The van der Waals surface area contributed by atoms with Crippen LogP contribution in [-0.2, 0) is 4.74 Å². The predicted molar refractivity (Wildman–Crippen MR) is 65.5 cm³/mol. The summed E-state index contributed by atoms with van der Waals surface area (Å²) < 4.78 is 11.2. The van der Waals surface area contributed by atoms with E-state index in [2.05, 4.69) is 29.1 Å². The molecule has 1 aliphatic heterocycles. The first-order valence-electron chi connectivity index (χ1n) is 5.99. The summed E-state index contributed by atoms with van der Waals surface area (Å²) in [6, 6.07) is 0. The van der Waals surface area contributed by atoms with Crippen LogP contribution in [0.25, 0.3) is 0 Å². The molecule has 1 saturated heterocycles. The molecule has 0 saturated carbocycles. The van der Waals surface area contributed by atoms with Crippen molar-refractivity contribution < 1.29 is 9.47 Å². The molecule has 1 aliphatic rings. The molecule has 1 aromatic rings. The first-order chi connectivity index (χ1) is 8.22. The second kappa shape index (κ2) is 5.31. The molecule has 1 N–H and O–H groups in total. The summed E-state index contributed by atoms with van der Waals surface area (Å²) in [7, 11) is 1.86. The van der Waals surface area contributed by atoms with Crippen molar-refractivity contribution in [2.45, 2.75) is 32.3 Å². The Kier molecular flexibility index (Phi) is 3.78. The molecule has 0 radical (unpaired) electrons. The second-order valence-corrected chi connectivity index (χ2v) is 4.45. The van der Waals surface area contributed by atoms with Crippen LogP contribution in [0.15, 0.2) is 6.33 Å². The van der Waals surface area contributed by atoms with E-state index in [0.717, 1.165) is 24.4 Å². The fraction of sp³-hybridized carbons (Fsp3) is 0.667. The highest BCUT2D eigenvalue weighted by Gasteiger charge is 2.22. The van der Waals surface area contributed by atoms with Gasteiger partial charge in [0.2, 0.25) is 5.88 Å². The lowest BCUT2D eigenvalue weighted by atomic mass is 10.1. The second-order valence-electron chi connectivity index (χ2n) is 4.45. The lowest BCUT2D eigenvalue weighted by Crippen LogP contribution is -2.18. The van der Waals surface area contributed by atoms with Crippen LogP contribution in [0.1, 0.15) is 31.7 Å². The van der Waals surface area contributed by atoms with E-state index in [-0.39, 0.29) is 6.10 Å². The molecule has 2 heterocycles. The van der Waals surface area contributed by atoms with Crippen LogP contribution in [0.2, 0.25) is 0 Å². The Bertz CT molecular complexity index is 376. The third-order valence-corrected chi connectivity index (χ3v) is 2.83. The molecule has 5 heteroatoms. The minimum Gasteiger partial charge on any atom is -0.471 e. The van der Waals surface area contributed by atoms with Crippen molar-refractivity contribution in [2.24, 2.45) is 0 Å². The highest BCUT2D eigenvalue weighted by molar-refractivity contribution is 5.50. The fourth-order valence-electron chi connectivity index (χ4n) is 1.96. The molecule has 94 valence electrons. The molecular formula is C12H19N3O2. The monoisotopic (exact) mass is 237 g/mol. The van der Waals surface area contributed by atoms with Gasteiger partial charge >= 0.3 is 0 Å². The number of hydrogen-bond donors (Lipinski definition) is 1. The van der Waals surface area contributed by atoms with E-state index in [9.17, 15) is 0 Å². The van der Waals surface area contributed by atoms with Crippen LogP contribution < -0.4 is 10.1 Å². The maximum atomic E-state index is 5.89. The van der Waals surface area contributed by atoms with Crippen LogP contribution in [0.4, 0.5) is 5.82 Å². The van der Waals surface area contributed by atoms with Crippen molar-refractivity contribution in [1.29, 1.82) is 0 Å². The molecule has 0 aromatic carbocycles. The number of ether oxygens (including phenoxy) is 2. The van der Waals surface area contributed by atoms with Gasteiger partial charge in [0.05, 0.1) is 18.8 Å². The Morgan fingerprint density at radius 3 is 2.88 bits per heavy atom. The Balaban J connectivity index is 2.25. The Hall–Kier alpha value is -1.36. The van der Waals surface area contributed by atoms with Gasteiger partial charge in [-0.25, -0.2) is 9.97 Å². The van der Waals surface area contributed by atoms with Gasteiger partial charge in [0.15, 0.2) is 0 Å². The lowest BCUT2D eigenvalue weighted by molar-refractivity contribution is 0.137. The van der Waals surface area contributed by atoms with Crippen molar-refractivity contribution in [1.82, 2.24) is 9.97 Å². The van der Waals surface area contributed by atoms with Crippen molar-refractivity contribution >= 4 is 5.82 Å². The summed E-state index contributed by atoms with van der Waals surface area (Å²) in [6.45, 7) is 5.64. The Labute approximate surface area is 102 Å². The van der Waals surface area contributed by atoms with E-state index in [1.165, 1.54) is 6.33 Å². The minimum atomic E-state index is 0.118. The molecule has 1 aromatic heterocycles. The molecule has 1 fully saturated rings. The van der Waals surface area contributed by atoms with Gasteiger partial charge in [0, 0.05) is 13.5 Å². The van der Waals surface area contributed by atoms with Crippen molar-refractivity contribution in [2.75, 3.05) is 25.6 Å². The van der Waals surface area contributed by atoms with Crippen molar-refractivity contribution in [3.63, 3.8) is 0 Å². The maximum absolute atomic E-state index is 5.89. The summed E-state index contributed by atoms with van der Waals surface area (Å²) in [6.07, 6.45) is 2.58. The third-order valence-electron chi connectivity index (χ3n) is 2.83. The summed E-state index contributed by atoms with van der Waals surface area (Å²) in [5.74, 6) is 1.83. The number of nitrogens with zero attached hydrogens (tertiary/aromatic N) is 2. The largest absolute Gasteiger partial charge is 0.471 e. The average molecular weight is 237 g/mol. The summed E-state index contributed by atoms with van der Waals surface area (Å²) in [5.41, 5.74) is 1.03. The van der Waals surface area contributed by atoms with Gasteiger partial charge < -0.3 is 14.8 Å². The fourth-order valence-corrected chi connectivity index (χ4v) is 1.96. The Morgan fingerprint density at radius 1 is 1.47 bits per heavy atom. The molecule has 17 heavy (non-hydrogen) atoms. The first-order valence-corrected chi connectivity index (χ1v) is 5.99. The Morgan fingerprint density at radius 2 is 2.29 bits per heavy atom. The molecule has 2 rings (SSSR count). The van der Waals surface area contributed by atoms with Crippen LogP contribution in [-0.4, -0.2) is 36.3 Å². The van der Waals surface area contributed by atoms with E-state index < -0.39 is 0 Å². The van der Waals surface area contributed by atoms with E-state index in [1.54, 1.807) is 0 Å². The van der Waals surface area contributed by atoms with E-state index in [0.29, 0.717) is 18.4 Å². The normalized spacial score (nSPS) is 19.6. The lowest BCUT2D eigenvalue weighted by Gasteiger charge is -2.18. The van der Waals surface area contributed by atoms with Crippen LogP contribution in [0.3, 0.4) is 0 Å². The van der Waals surface area contributed by atoms with Crippen molar-refractivity contribution in [3.8, 4) is 5.88 Å². The van der Waals surface area contributed by atoms with Crippen LogP contribution in [0, 0.1) is 0 Å². The zero-order valence-corrected chi connectivity index (χ0v) is 10.6. The number of nitrogens with one attached hydrogen (secondary N) is 1. The number of aromatic nitrogens is 2. The molecule has 1 atom stereocenters. The van der Waals surface area contributed by atoms with Crippen LogP contribution in [0.5, 0.6) is 5.88 Å². The molecule has 0 spiro atoms. The zero-order chi connectivity index (χ0) is 12.3. The number of rotatable bonds is 4. The number of anilines is 1. The van der Waals surface area contributed by atoms with Gasteiger partial charge in [0.1, 0.15) is 18.2 Å². The first kappa shape index (κ1) is 12.1. The highest BCUT2D eigenvalue weighted by Crippen LogP contribution is 2.30.